The van der Waals surface area contributed by atoms with E-state index in [-0.39, 0.29) is 17.8 Å². The zero-order valence-electron chi connectivity index (χ0n) is 13.9. The Labute approximate surface area is 141 Å². The topological polar surface area (TPSA) is 34.0 Å². The van der Waals surface area contributed by atoms with E-state index in [0.717, 1.165) is 12.8 Å². The fourth-order valence-corrected chi connectivity index (χ4v) is 2.98. The minimum absolute atomic E-state index is 0.0431. The third-order valence-electron chi connectivity index (χ3n) is 4.31. The van der Waals surface area contributed by atoms with Crippen LogP contribution in [0, 0.1) is 5.82 Å². The number of para-hydroxylation sites is 1. The molecular weight excluding hydrogens is 303 g/mol. The van der Waals surface area contributed by atoms with Crippen LogP contribution in [0.25, 0.3) is 10.9 Å². The van der Waals surface area contributed by atoms with Crippen LogP contribution < -0.4 is 5.32 Å². The molecule has 124 valence electrons. The van der Waals surface area contributed by atoms with Crippen molar-refractivity contribution >= 4 is 16.8 Å². The van der Waals surface area contributed by atoms with Crippen LogP contribution in [0.5, 0.6) is 0 Å². The van der Waals surface area contributed by atoms with Gasteiger partial charge in [-0.2, -0.15) is 0 Å². The van der Waals surface area contributed by atoms with Crippen molar-refractivity contribution < 1.29 is 9.18 Å². The van der Waals surface area contributed by atoms with Crippen molar-refractivity contribution in [1.82, 2.24) is 9.88 Å². The van der Waals surface area contributed by atoms with Gasteiger partial charge in [0.05, 0.1) is 0 Å². The fraction of sp³-hybridized carbons (Fsp3) is 0.250. The van der Waals surface area contributed by atoms with E-state index in [1.165, 1.54) is 40.7 Å². The predicted molar refractivity (Wildman–Crippen MR) is 94.6 cm³/mol. The quantitative estimate of drug-likeness (QED) is 0.754. The second-order valence-corrected chi connectivity index (χ2v) is 6.20. The molecule has 24 heavy (non-hydrogen) atoms. The number of aryl methyl sites for hydroxylation is 2. The van der Waals surface area contributed by atoms with E-state index in [0.29, 0.717) is 5.56 Å². The lowest BCUT2D eigenvalue weighted by Crippen LogP contribution is -2.32. The number of halogens is 1. The monoisotopic (exact) mass is 324 g/mol. The number of amides is 1. The summed E-state index contributed by atoms with van der Waals surface area (Å²) in [6.07, 6.45) is 3.90. The Morgan fingerprint density at radius 1 is 1.17 bits per heavy atom. The molecule has 0 spiro atoms. The number of nitrogens with one attached hydrogen (secondary N) is 1. The van der Waals surface area contributed by atoms with Gasteiger partial charge in [0.2, 0.25) is 0 Å². The molecular formula is C20H21FN2O. The zero-order chi connectivity index (χ0) is 17.1. The molecule has 3 rings (SSSR count). The molecule has 3 aromatic rings. The zero-order valence-corrected chi connectivity index (χ0v) is 13.9. The number of fused-ring (bicyclic) bond motifs is 1. The van der Waals surface area contributed by atoms with E-state index in [9.17, 15) is 9.18 Å². The molecule has 1 heterocycles. The van der Waals surface area contributed by atoms with E-state index < -0.39 is 0 Å². The summed E-state index contributed by atoms with van der Waals surface area (Å²) in [5.74, 6) is -0.504. The maximum Gasteiger partial charge on any atom is 0.251 e. The molecule has 0 bridgehead atoms. The Bertz CT molecular complexity index is 852. The molecule has 0 fully saturated rings. The first-order chi connectivity index (χ1) is 11.5. The minimum atomic E-state index is -0.337. The average molecular weight is 324 g/mol. The lowest BCUT2D eigenvalue weighted by molar-refractivity contribution is 0.0938. The molecule has 1 atom stereocenters. The van der Waals surface area contributed by atoms with E-state index in [4.69, 9.17) is 0 Å². The number of rotatable bonds is 5. The van der Waals surface area contributed by atoms with Gasteiger partial charge in [-0.05, 0) is 55.7 Å². The Hall–Kier alpha value is -2.62. The summed E-state index contributed by atoms with van der Waals surface area (Å²) in [7, 11) is 2.05. The highest BCUT2D eigenvalue weighted by Gasteiger charge is 2.12. The number of hydrogen-bond acceptors (Lipinski definition) is 1. The third-order valence-corrected chi connectivity index (χ3v) is 4.31. The summed E-state index contributed by atoms with van der Waals surface area (Å²) in [6, 6.07) is 14.0. The highest BCUT2D eigenvalue weighted by atomic mass is 19.1. The molecule has 0 aliphatic rings. The van der Waals surface area contributed by atoms with Crippen LogP contribution in [-0.4, -0.2) is 16.5 Å². The van der Waals surface area contributed by atoms with Gasteiger partial charge in [-0.1, -0.05) is 18.2 Å². The van der Waals surface area contributed by atoms with E-state index in [1.807, 2.05) is 26.1 Å². The summed E-state index contributed by atoms with van der Waals surface area (Å²) < 4.78 is 15.0. The Morgan fingerprint density at radius 3 is 2.62 bits per heavy atom. The molecule has 0 radical (unpaired) electrons. The van der Waals surface area contributed by atoms with Crippen molar-refractivity contribution in [2.24, 2.45) is 7.05 Å². The molecule has 0 saturated heterocycles. The summed E-state index contributed by atoms with van der Waals surface area (Å²) in [4.78, 5) is 12.2. The first-order valence-electron chi connectivity index (χ1n) is 8.14. The second kappa shape index (κ2) is 6.87. The van der Waals surface area contributed by atoms with Crippen molar-refractivity contribution in [3.63, 3.8) is 0 Å². The highest BCUT2D eigenvalue weighted by Crippen LogP contribution is 2.21. The highest BCUT2D eigenvalue weighted by molar-refractivity contribution is 5.94. The molecule has 1 unspecified atom stereocenters. The van der Waals surface area contributed by atoms with Gasteiger partial charge < -0.3 is 9.88 Å². The van der Waals surface area contributed by atoms with Gasteiger partial charge in [-0.3, -0.25) is 4.79 Å². The number of hydrogen-bond donors (Lipinski definition) is 1. The minimum Gasteiger partial charge on any atom is -0.350 e. The molecule has 3 nitrogen and oxygen atoms in total. The van der Waals surface area contributed by atoms with Gasteiger partial charge in [0.1, 0.15) is 5.82 Å². The van der Waals surface area contributed by atoms with Gasteiger partial charge in [0, 0.05) is 35.8 Å². The molecule has 1 amide bonds. The number of nitrogens with zero attached hydrogens (tertiary/aromatic N) is 1. The smallest absolute Gasteiger partial charge is 0.251 e. The molecule has 2 aromatic carbocycles. The van der Waals surface area contributed by atoms with Crippen molar-refractivity contribution in [2.75, 3.05) is 0 Å². The van der Waals surface area contributed by atoms with Gasteiger partial charge in [0.15, 0.2) is 0 Å². The SMILES string of the molecule is CC(CCc1cn(C)c2ccccc12)NC(=O)c1ccc(F)cc1. The van der Waals surface area contributed by atoms with Crippen molar-refractivity contribution in [1.29, 1.82) is 0 Å². The fourth-order valence-electron chi connectivity index (χ4n) is 2.98. The number of aromatic nitrogens is 1. The van der Waals surface area contributed by atoms with Crippen LogP contribution in [0.1, 0.15) is 29.3 Å². The van der Waals surface area contributed by atoms with Crippen molar-refractivity contribution in [3.05, 3.63) is 71.7 Å². The van der Waals surface area contributed by atoms with Crippen LogP contribution in [0.3, 0.4) is 0 Å². The molecule has 1 aromatic heterocycles. The van der Waals surface area contributed by atoms with E-state index in [2.05, 4.69) is 28.2 Å². The maximum atomic E-state index is 12.9. The van der Waals surface area contributed by atoms with Crippen LogP contribution in [0.15, 0.2) is 54.7 Å². The lowest BCUT2D eigenvalue weighted by Gasteiger charge is -2.13. The van der Waals surface area contributed by atoms with Crippen molar-refractivity contribution in [3.8, 4) is 0 Å². The lowest BCUT2D eigenvalue weighted by atomic mass is 10.0. The first-order valence-corrected chi connectivity index (χ1v) is 8.14. The van der Waals surface area contributed by atoms with E-state index in [1.54, 1.807) is 0 Å². The van der Waals surface area contributed by atoms with E-state index >= 15 is 0 Å². The van der Waals surface area contributed by atoms with Gasteiger partial charge in [-0.15, -0.1) is 0 Å². The Balaban J connectivity index is 1.61. The van der Waals surface area contributed by atoms with Crippen LogP contribution in [0.4, 0.5) is 4.39 Å². The predicted octanol–water partition coefficient (Wildman–Crippen LogP) is 4.07. The van der Waals surface area contributed by atoms with Crippen LogP contribution in [-0.2, 0) is 13.5 Å². The van der Waals surface area contributed by atoms with Crippen LogP contribution in [0.2, 0.25) is 0 Å². The molecule has 0 saturated carbocycles. The van der Waals surface area contributed by atoms with Gasteiger partial charge in [-0.25, -0.2) is 4.39 Å². The number of benzene rings is 2. The van der Waals surface area contributed by atoms with Crippen molar-refractivity contribution in [2.45, 2.75) is 25.8 Å². The largest absolute Gasteiger partial charge is 0.350 e. The number of carbonyl (C=O) groups is 1. The molecule has 4 heteroatoms. The molecule has 0 aliphatic heterocycles. The first kappa shape index (κ1) is 16.2. The molecule has 0 aliphatic carbocycles. The third kappa shape index (κ3) is 3.48. The van der Waals surface area contributed by atoms with Gasteiger partial charge in [0.25, 0.3) is 5.91 Å². The molecule has 1 N–H and O–H groups in total. The Morgan fingerprint density at radius 2 is 1.88 bits per heavy atom. The summed E-state index contributed by atoms with van der Waals surface area (Å²) in [6.45, 7) is 1.99. The standard InChI is InChI=1S/C20H21FN2O/c1-14(22-20(24)15-9-11-17(21)12-10-15)7-8-16-13-23(2)19-6-4-3-5-18(16)19/h3-6,9-14H,7-8H2,1-2H3,(H,22,24). The summed E-state index contributed by atoms with van der Waals surface area (Å²) >= 11 is 0. The summed E-state index contributed by atoms with van der Waals surface area (Å²) in [5.41, 5.74) is 2.99. The number of carbonyl (C=O) groups excluding carboxylic acids is 1. The average Bonchev–Trinajstić information content (AvgIpc) is 2.90. The summed E-state index contributed by atoms with van der Waals surface area (Å²) in [5, 5.41) is 4.23. The van der Waals surface area contributed by atoms with Crippen LogP contribution >= 0.6 is 0 Å². The normalized spacial score (nSPS) is 12.3. The maximum absolute atomic E-state index is 12.9. The second-order valence-electron chi connectivity index (χ2n) is 6.20. The Kier molecular flexibility index (Phi) is 4.65. The van der Waals surface area contributed by atoms with Gasteiger partial charge >= 0.3 is 0 Å².